The molecule has 0 saturated heterocycles. The Bertz CT molecular complexity index is 356. The van der Waals surface area contributed by atoms with Crippen molar-refractivity contribution in [2.24, 2.45) is 0 Å². The highest BCUT2D eigenvalue weighted by molar-refractivity contribution is 7.12. The van der Waals surface area contributed by atoms with Crippen molar-refractivity contribution in [3.63, 3.8) is 0 Å². The molecule has 1 aromatic rings. The molecule has 0 nitrogen and oxygen atoms in total. The van der Waals surface area contributed by atoms with Gasteiger partial charge in [-0.15, -0.1) is 22.9 Å². The third kappa shape index (κ3) is 7.13. The van der Waals surface area contributed by atoms with E-state index in [0.29, 0.717) is 0 Å². The number of aryl methyl sites for hydroxylation is 2. The summed E-state index contributed by atoms with van der Waals surface area (Å²) in [6.45, 7) is 6.64. The van der Waals surface area contributed by atoms with Crippen LogP contribution in [0.2, 0.25) is 0 Å². The Labute approximate surface area is 134 Å². The lowest BCUT2D eigenvalue weighted by molar-refractivity contribution is 0.554. The maximum Gasteiger partial charge on any atom is 0.0596 e. The quantitative estimate of drug-likeness (QED) is 0.292. The van der Waals surface area contributed by atoms with Crippen LogP contribution in [0.15, 0.2) is 6.07 Å². The Morgan fingerprint density at radius 3 is 2.00 bits per heavy atom. The van der Waals surface area contributed by atoms with E-state index in [1.165, 1.54) is 73.1 Å². The van der Waals surface area contributed by atoms with Crippen LogP contribution >= 0.6 is 22.9 Å². The van der Waals surface area contributed by atoms with Gasteiger partial charge in [0.05, 0.1) is 5.38 Å². The molecule has 0 radical (unpaired) electrons. The fourth-order valence-corrected chi connectivity index (χ4v) is 4.18. The van der Waals surface area contributed by atoms with Gasteiger partial charge in [-0.3, -0.25) is 0 Å². The highest BCUT2D eigenvalue weighted by Gasteiger charge is 2.12. The zero-order chi connectivity index (χ0) is 14.8. The number of alkyl halides is 1. The van der Waals surface area contributed by atoms with Crippen molar-refractivity contribution in [3.05, 3.63) is 21.4 Å². The van der Waals surface area contributed by atoms with Crippen molar-refractivity contribution in [2.45, 2.75) is 90.4 Å². The molecule has 0 N–H and O–H groups in total. The van der Waals surface area contributed by atoms with Crippen LogP contribution in [0, 0.1) is 13.8 Å². The predicted molar refractivity (Wildman–Crippen MR) is 94.2 cm³/mol. The molecule has 0 amide bonds. The molecular formula is C18H31ClS. The summed E-state index contributed by atoms with van der Waals surface area (Å²) in [5.41, 5.74) is 1.37. The van der Waals surface area contributed by atoms with Crippen molar-refractivity contribution < 1.29 is 0 Å². The first-order valence-corrected chi connectivity index (χ1v) is 9.61. The zero-order valence-corrected chi connectivity index (χ0v) is 15.1. The lowest BCUT2D eigenvalue weighted by Crippen LogP contribution is -1.91. The van der Waals surface area contributed by atoms with Gasteiger partial charge in [-0.25, -0.2) is 0 Å². The molecule has 0 saturated carbocycles. The largest absolute Gasteiger partial charge is 0.146 e. The molecule has 0 aliphatic rings. The number of hydrogen-bond acceptors (Lipinski definition) is 1. The minimum absolute atomic E-state index is 0.226. The fraction of sp³-hybridized carbons (Fsp3) is 0.778. The van der Waals surface area contributed by atoms with Gasteiger partial charge in [0, 0.05) is 9.75 Å². The molecule has 0 bridgehead atoms. The second-order valence-electron chi connectivity index (χ2n) is 5.95. The SMILES string of the molecule is CCCCCCCCCCCC(Cl)c1cc(C)sc1C. The van der Waals surface area contributed by atoms with Crippen LogP contribution in [-0.4, -0.2) is 0 Å². The van der Waals surface area contributed by atoms with Crippen molar-refractivity contribution in [1.29, 1.82) is 0 Å². The summed E-state index contributed by atoms with van der Waals surface area (Å²) >= 11 is 8.40. The van der Waals surface area contributed by atoms with Crippen molar-refractivity contribution >= 4 is 22.9 Å². The van der Waals surface area contributed by atoms with Gasteiger partial charge in [-0.2, -0.15) is 0 Å². The maximum absolute atomic E-state index is 6.53. The number of thiophene rings is 1. The first-order valence-electron chi connectivity index (χ1n) is 8.36. The summed E-state index contributed by atoms with van der Waals surface area (Å²) < 4.78 is 0. The Morgan fingerprint density at radius 2 is 1.50 bits per heavy atom. The molecule has 0 spiro atoms. The molecule has 2 heteroatoms. The molecule has 1 heterocycles. The molecule has 20 heavy (non-hydrogen) atoms. The van der Waals surface area contributed by atoms with E-state index in [0.717, 1.165) is 6.42 Å². The standard InChI is InChI=1S/C18H31ClS/c1-4-5-6-7-8-9-10-11-12-13-18(19)17-14-15(2)20-16(17)3/h14,18H,4-13H2,1-3H3. The van der Waals surface area contributed by atoms with E-state index >= 15 is 0 Å². The molecule has 0 aromatic carbocycles. The summed E-state index contributed by atoms with van der Waals surface area (Å²) in [6.07, 6.45) is 13.6. The summed E-state index contributed by atoms with van der Waals surface area (Å²) in [5.74, 6) is 0. The molecule has 116 valence electrons. The Hall–Kier alpha value is -0.0100. The number of rotatable bonds is 11. The molecule has 0 aliphatic carbocycles. The maximum atomic E-state index is 6.53. The molecule has 0 fully saturated rings. The highest BCUT2D eigenvalue weighted by atomic mass is 35.5. The van der Waals surface area contributed by atoms with Crippen molar-refractivity contribution in [3.8, 4) is 0 Å². The van der Waals surface area contributed by atoms with Crippen molar-refractivity contribution in [1.82, 2.24) is 0 Å². The first-order chi connectivity index (χ1) is 9.65. The van der Waals surface area contributed by atoms with E-state index in [9.17, 15) is 0 Å². The monoisotopic (exact) mass is 314 g/mol. The van der Waals surface area contributed by atoms with Crippen LogP contribution in [0.25, 0.3) is 0 Å². The molecule has 1 rings (SSSR count). The number of unbranched alkanes of at least 4 members (excludes halogenated alkanes) is 8. The van der Waals surface area contributed by atoms with Gasteiger partial charge in [0.2, 0.25) is 0 Å². The van der Waals surface area contributed by atoms with E-state index in [1.54, 1.807) is 0 Å². The van der Waals surface area contributed by atoms with E-state index in [-0.39, 0.29) is 5.38 Å². The smallest absolute Gasteiger partial charge is 0.0596 e. The lowest BCUT2D eigenvalue weighted by atomic mass is 10.0. The summed E-state index contributed by atoms with van der Waals surface area (Å²) in [5, 5.41) is 0.226. The molecule has 1 unspecified atom stereocenters. The van der Waals surface area contributed by atoms with Crippen molar-refractivity contribution in [2.75, 3.05) is 0 Å². The molecule has 1 aromatic heterocycles. The Balaban J connectivity index is 2.02. The number of halogens is 1. The van der Waals surface area contributed by atoms with Gasteiger partial charge in [0.15, 0.2) is 0 Å². The minimum atomic E-state index is 0.226. The van der Waals surface area contributed by atoms with Crippen LogP contribution in [0.5, 0.6) is 0 Å². The molecule has 1 atom stereocenters. The summed E-state index contributed by atoms with van der Waals surface area (Å²) in [7, 11) is 0. The van der Waals surface area contributed by atoms with E-state index in [4.69, 9.17) is 11.6 Å². The van der Waals surface area contributed by atoms with Gasteiger partial charge in [-0.1, -0.05) is 64.7 Å². The summed E-state index contributed by atoms with van der Waals surface area (Å²) in [4.78, 5) is 2.79. The van der Waals surface area contributed by atoms with Crippen LogP contribution in [0.4, 0.5) is 0 Å². The Morgan fingerprint density at radius 1 is 0.950 bits per heavy atom. The normalized spacial score (nSPS) is 12.8. The Kier molecular flexibility index (Phi) is 9.63. The van der Waals surface area contributed by atoms with Crippen LogP contribution in [-0.2, 0) is 0 Å². The van der Waals surface area contributed by atoms with E-state index < -0.39 is 0 Å². The second kappa shape index (κ2) is 10.7. The van der Waals surface area contributed by atoms with Gasteiger partial charge >= 0.3 is 0 Å². The third-order valence-electron chi connectivity index (χ3n) is 3.98. The minimum Gasteiger partial charge on any atom is -0.146 e. The van der Waals surface area contributed by atoms with Crippen LogP contribution < -0.4 is 0 Å². The number of hydrogen-bond donors (Lipinski definition) is 0. The lowest BCUT2D eigenvalue weighted by Gasteiger charge is -2.09. The third-order valence-corrected chi connectivity index (χ3v) is 5.41. The average molecular weight is 315 g/mol. The fourth-order valence-electron chi connectivity index (χ4n) is 2.75. The molecule has 0 aliphatic heterocycles. The summed E-state index contributed by atoms with van der Waals surface area (Å²) in [6, 6.07) is 2.27. The molecular weight excluding hydrogens is 284 g/mol. The van der Waals surface area contributed by atoms with E-state index in [1.807, 2.05) is 11.3 Å². The van der Waals surface area contributed by atoms with Gasteiger partial charge in [0.1, 0.15) is 0 Å². The van der Waals surface area contributed by atoms with Crippen LogP contribution in [0.1, 0.15) is 91.8 Å². The highest BCUT2D eigenvalue weighted by Crippen LogP contribution is 2.33. The topological polar surface area (TPSA) is 0 Å². The second-order valence-corrected chi connectivity index (χ2v) is 7.94. The zero-order valence-electron chi connectivity index (χ0n) is 13.5. The van der Waals surface area contributed by atoms with E-state index in [2.05, 4.69) is 26.8 Å². The van der Waals surface area contributed by atoms with Crippen LogP contribution in [0.3, 0.4) is 0 Å². The first kappa shape index (κ1) is 18.0. The predicted octanol–water partition coefficient (Wildman–Crippen LogP) is 7.57. The van der Waals surface area contributed by atoms with Gasteiger partial charge in [-0.05, 0) is 31.9 Å². The average Bonchev–Trinajstić information content (AvgIpc) is 2.75. The van der Waals surface area contributed by atoms with Gasteiger partial charge in [0.25, 0.3) is 0 Å². The van der Waals surface area contributed by atoms with Gasteiger partial charge < -0.3 is 0 Å².